The molecule has 1 aromatic rings. The van der Waals surface area contributed by atoms with Gasteiger partial charge in [-0.3, -0.25) is 0 Å². The van der Waals surface area contributed by atoms with Crippen LogP contribution in [-0.4, -0.2) is 0 Å². The summed E-state index contributed by atoms with van der Waals surface area (Å²) in [6.07, 6.45) is 12.1. The van der Waals surface area contributed by atoms with Gasteiger partial charge in [-0.1, -0.05) is 51.9 Å². The van der Waals surface area contributed by atoms with Crippen LogP contribution >= 0.6 is 7.81 Å². The second-order valence-corrected chi connectivity index (χ2v) is 8.31. The summed E-state index contributed by atoms with van der Waals surface area (Å²) in [5.41, 5.74) is 1.31. The summed E-state index contributed by atoms with van der Waals surface area (Å²) in [6.45, 7) is 6.44. The van der Waals surface area contributed by atoms with Crippen molar-refractivity contribution in [2.45, 2.75) is 78.6 Å². The third-order valence-electron chi connectivity index (χ3n) is 3.39. The molecule has 25 heavy (non-hydrogen) atoms. The van der Waals surface area contributed by atoms with Gasteiger partial charge in [-0.2, -0.15) is 0 Å². The van der Waals surface area contributed by atoms with Crippen molar-refractivity contribution >= 4 is 7.81 Å². The van der Waals surface area contributed by atoms with Crippen LogP contribution in [0.3, 0.4) is 0 Å². The molecule has 0 bridgehead atoms. The first-order chi connectivity index (χ1) is 11.2. The molecule has 0 aromatic carbocycles. The summed E-state index contributed by atoms with van der Waals surface area (Å²) in [7, 11) is -10.7. The molecule has 0 N–H and O–H groups in total. The van der Waals surface area contributed by atoms with Gasteiger partial charge in [0.2, 0.25) is 0 Å². The third-order valence-corrected chi connectivity index (χ3v) is 3.39. The topological polar surface area (TPSA) is 11.3 Å². The van der Waals surface area contributed by atoms with Crippen LogP contribution in [0.5, 0.6) is 0 Å². The van der Waals surface area contributed by atoms with E-state index in [-0.39, 0.29) is 0 Å². The summed E-state index contributed by atoms with van der Waals surface area (Å²) < 4.78 is 64.9. The van der Waals surface area contributed by atoms with Gasteiger partial charge < -0.3 is 0 Å². The molecule has 1 heterocycles. The minimum absolute atomic E-state index is 1.03. The van der Waals surface area contributed by atoms with E-state index in [1.165, 1.54) is 56.9 Å². The van der Waals surface area contributed by atoms with Gasteiger partial charge in [0, 0.05) is 12.1 Å². The van der Waals surface area contributed by atoms with Crippen LogP contribution in [0.2, 0.25) is 0 Å². The first-order valence-electron chi connectivity index (χ1n) is 8.64. The average Bonchev–Trinajstić information content (AvgIpc) is 2.37. The van der Waals surface area contributed by atoms with E-state index < -0.39 is 7.81 Å². The van der Waals surface area contributed by atoms with Gasteiger partial charge in [0.05, 0.1) is 13.3 Å². The van der Waals surface area contributed by atoms with Crippen LogP contribution in [0.1, 0.15) is 75.4 Å². The molecule has 0 atom stereocenters. The monoisotopic (exact) mass is 394 g/mol. The van der Waals surface area contributed by atoms with Gasteiger partial charge in [0.15, 0.2) is 0 Å². The molecule has 0 saturated carbocycles. The Morgan fingerprint density at radius 2 is 1.20 bits per heavy atom. The molecule has 8 heteroatoms. The molecule has 0 spiro atoms. The fourth-order valence-corrected chi connectivity index (χ4v) is 2.44. The molecule has 1 nitrogen and oxygen atoms in total. The van der Waals surface area contributed by atoms with Crippen molar-refractivity contribution in [2.24, 2.45) is 0 Å². The Hall–Kier alpha value is -0.840. The van der Waals surface area contributed by atoms with E-state index in [1.54, 1.807) is 0 Å². The third kappa shape index (κ3) is 23.2. The van der Waals surface area contributed by atoms with E-state index in [0.29, 0.717) is 0 Å². The van der Waals surface area contributed by atoms with Crippen molar-refractivity contribution in [1.29, 1.82) is 0 Å². The summed E-state index contributed by atoms with van der Waals surface area (Å²) in [5, 5.41) is 0. The molecular formula is C17H29F6OP. The zero-order chi connectivity index (χ0) is 19.6. The van der Waals surface area contributed by atoms with Crippen molar-refractivity contribution in [3.05, 3.63) is 29.2 Å². The number of halogens is 6. The molecule has 150 valence electrons. The van der Waals surface area contributed by atoms with Crippen LogP contribution in [-0.2, 0) is 6.42 Å². The average molecular weight is 394 g/mol. The Morgan fingerprint density at radius 3 is 1.64 bits per heavy atom. The number of unbranched alkanes of at least 4 members (excludes halogenated alkanes) is 7. The van der Waals surface area contributed by atoms with Crippen molar-refractivity contribution in [3.8, 4) is 0 Å². The predicted octanol–water partition coefficient (Wildman–Crippen LogP) is 9.24. The molecule has 0 saturated heterocycles. The molecule has 0 aliphatic carbocycles. The summed E-state index contributed by atoms with van der Waals surface area (Å²) in [4.78, 5) is 0. The van der Waals surface area contributed by atoms with E-state index in [2.05, 4.69) is 26.0 Å². The van der Waals surface area contributed by atoms with Crippen molar-refractivity contribution < 1.29 is 29.6 Å². The normalized spacial score (nSPS) is 14.3. The Bertz CT molecular complexity index is 481. The second-order valence-electron chi connectivity index (χ2n) is 6.39. The quantitative estimate of drug-likeness (QED) is 0.176. The van der Waals surface area contributed by atoms with Crippen LogP contribution in [0, 0.1) is 13.8 Å². The standard InChI is InChI=1S/C17H29O.F6P/c1-4-5-6-7-8-9-10-11-12-17-14-15(2)13-16(3)18-17;1-7(2,3,4,5)6/h13-14H,4-12H2,1-3H3;/q+1;-1. The molecule has 1 rings (SSSR count). The van der Waals surface area contributed by atoms with Gasteiger partial charge in [0.25, 0.3) is 0 Å². The Kier molecular flexibility index (Phi) is 8.89. The van der Waals surface area contributed by atoms with Crippen LogP contribution < -0.4 is 0 Å². The molecule has 0 fully saturated rings. The Morgan fingerprint density at radius 1 is 0.760 bits per heavy atom. The zero-order valence-electron chi connectivity index (χ0n) is 15.1. The van der Waals surface area contributed by atoms with E-state index in [4.69, 9.17) is 4.42 Å². The molecule has 0 unspecified atom stereocenters. The van der Waals surface area contributed by atoms with E-state index in [1.807, 2.05) is 6.92 Å². The van der Waals surface area contributed by atoms with Gasteiger partial charge in [-0.15, -0.1) is 0 Å². The van der Waals surface area contributed by atoms with Gasteiger partial charge in [-0.25, -0.2) is 4.42 Å². The fourth-order valence-electron chi connectivity index (χ4n) is 2.44. The van der Waals surface area contributed by atoms with Gasteiger partial charge in [-0.05, 0) is 18.9 Å². The van der Waals surface area contributed by atoms with Gasteiger partial charge in [0.1, 0.15) is 0 Å². The predicted molar refractivity (Wildman–Crippen MR) is 92.5 cm³/mol. The maximum absolute atomic E-state index is 10.7. The summed E-state index contributed by atoms with van der Waals surface area (Å²) in [6, 6.07) is 4.27. The number of hydrogen-bond acceptors (Lipinski definition) is 0. The van der Waals surface area contributed by atoms with Crippen molar-refractivity contribution in [2.75, 3.05) is 0 Å². The molecule has 0 aliphatic rings. The maximum atomic E-state index is 9.87. The minimum atomic E-state index is -10.7. The zero-order valence-corrected chi connectivity index (χ0v) is 16.0. The molecule has 0 radical (unpaired) electrons. The number of rotatable bonds is 9. The first kappa shape index (κ1) is 24.2. The number of aryl methyl sites for hydroxylation is 3. The SMILES string of the molecule is CCCCCCCCCCc1cc(C)cc(C)[o+]1.F[P-](F)(F)(F)(F)F. The van der Waals surface area contributed by atoms with Crippen molar-refractivity contribution in [1.82, 2.24) is 0 Å². The Balaban J connectivity index is 0.000000697. The molecular weight excluding hydrogens is 365 g/mol. The molecule has 1 aromatic heterocycles. The Labute approximate surface area is 146 Å². The van der Waals surface area contributed by atoms with Crippen molar-refractivity contribution in [3.63, 3.8) is 0 Å². The summed E-state index contributed by atoms with van der Waals surface area (Å²) >= 11 is 0. The van der Waals surface area contributed by atoms with E-state index in [0.717, 1.165) is 17.9 Å². The number of hydrogen-bond donors (Lipinski definition) is 0. The van der Waals surface area contributed by atoms with Gasteiger partial charge >= 0.3 is 44.5 Å². The van der Waals surface area contributed by atoms with E-state index in [9.17, 15) is 25.2 Å². The van der Waals surface area contributed by atoms with E-state index >= 15 is 0 Å². The van der Waals surface area contributed by atoms with Crippen LogP contribution in [0.4, 0.5) is 25.2 Å². The first-order valence-corrected chi connectivity index (χ1v) is 10.7. The van der Waals surface area contributed by atoms with Crippen LogP contribution in [0.25, 0.3) is 0 Å². The fraction of sp³-hybridized carbons (Fsp3) is 0.706. The molecule has 0 aliphatic heterocycles. The van der Waals surface area contributed by atoms with Crippen LogP contribution in [0.15, 0.2) is 16.5 Å². The molecule has 0 amide bonds. The summed E-state index contributed by atoms with van der Waals surface area (Å²) in [5.74, 6) is 2.18. The second kappa shape index (κ2) is 9.20.